The Morgan fingerprint density at radius 3 is 2.26 bits per heavy atom. The van der Waals surface area contributed by atoms with Crippen LogP contribution >= 0.6 is 0 Å². The number of hydrogen-bond donors (Lipinski definition) is 0. The van der Waals surface area contributed by atoms with Gasteiger partial charge in [0.05, 0.1) is 26.7 Å². The zero-order valence-electron chi connectivity index (χ0n) is 11.5. The lowest BCUT2D eigenvalue weighted by Crippen LogP contribution is -2.68. The maximum absolute atomic E-state index is 12.4. The molecule has 3 aliphatic heterocycles. The van der Waals surface area contributed by atoms with Crippen molar-refractivity contribution in [1.82, 2.24) is 4.90 Å². The Kier molecular flexibility index (Phi) is 3.29. The predicted molar refractivity (Wildman–Crippen MR) is 73.5 cm³/mol. The van der Waals surface area contributed by atoms with Gasteiger partial charge in [-0.25, -0.2) is 0 Å². The molecule has 3 saturated heterocycles. The first-order chi connectivity index (χ1) is 9.21. The van der Waals surface area contributed by atoms with Crippen molar-refractivity contribution in [3.63, 3.8) is 0 Å². The van der Waals surface area contributed by atoms with Gasteiger partial charge in [-0.05, 0) is 24.3 Å². The Morgan fingerprint density at radius 1 is 1.16 bits per heavy atom. The normalized spacial score (nSPS) is 29.2. The SMILES string of the molecule is COc1ccc(C(=O)C[N+]23CCN(CC2)CC3)cc1. The van der Waals surface area contributed by atoms with E-state index in [0.29, 0.717) is 6.54 Å². The number of rotatable bonds is 4. The molecule has 0 N–H and O–H groups in total. The van der Waals surface area contributed by atoms with Crippen LogP contribution in [0.1, 0.15) is 10.4 Å². The molecule has 1 aromatic rings. The second-order valence-electron chi connectivity index (χ2n) is 5.66. The van der Waals surface area contributed by atoms with Crippen LogP contribution in [0.4, 0.5) is 0 Å². The summed E-state index contributed by atoms with van der Waals surface area (Å²) in [6.45, 7) is 7.48. The molecule has 3 aliphatic rings. The van der Waals surface area contributed by atoms with Gasteiger partial charge in [-0.3, -0.25) is 9.69 Å². The van der Waals surface area contributed by atoms with E-state index in [0.717, 1.165) is 55.1 Å². The maximum atomic E-state index is 12.4. The number of carbonyl (C=O) groups is 1. The molecule has 19 heavy (non-hydrogen) atoms. The van der Waals surface area contributed by atoms with Gasteiger partial charge < -0.3 is 9.22 Å². The van der Waals surface area contributed by atoms with Crippen molar-refractivity contribution < 1.29 is 14.0 Å². The summed E-state index contributed by atoms with van der Waals surface area (Å²) in [6, 6.07) is 7.47. The van der Waals surface area contributed by atoms with Gasteiger partial charge in [-0.2, -0.15) is 0 Å². The number of nitrogens with zero attached hydrogens (tertiary/aromatic N) is 2. The Labute approximate surface area is 114 Å². The van der Waals surface area contributed by atoms with Crippen LogP contribution < -0.4 is 4.74 Å². The molecule has 0 unspecified atom stereocenters. The highest BCUT2D eigenvalue weighted by Crippen LogP contribution is 2.21. The lowest BCUT2D eigenvalue weighted by Gasteiger charge is -2.50. The van der Waals surface area contributed by atoms with Crippen LogP contribution in [0.25, 0.3) is 0 Å². The first kappa shape index (κ1) is 12.6. The molecule has 4 heteroatoms. The molecular weight excluding hydrogens is 240 g/mol. The van der Waals surface area contributed by atoms with Crippen LogP contribution in [0.3, 0.4) is 0 Å². The van der Waals surface area contributed by atoms with Gasteiger partial charge in [0.25, 0.3) is 0 Å². The van der Waals surface area contributed by atoms with Gasteiger partial charge >= 0.3 is 0 Å². The summed E-state index contributed by atoms with van der Waals surface area (Å²) in [5.74, 6) is 1.06. The highest BCUT2D eigenvalue weighted by atomic mass is 16.5. The van der Waals surface area contributed by atoms with Crippen molar-refractivity contribution in [3.8, 4) is 5.75 Å². The number of fused-ring (bicyclic) bond motifs is 3. The van der Waals surface area contributed by atoms with Crippen molar-refractivity contribution in [2.24, 2.45) is 0 Å². The minimum atomic E-state index is 0.262. The Bertz CT molecular complexity index is 448. The van der Waals surface area contributed by atoms with E-state index in [-0.39, 0.29) is 5.78 Å². The fraction of sp³-hybridized carbons (Fsp3) is 0.533. The first-order valence-electron chi connectivity index (χ1n) is 6.96. The predicted octanol–water partition coefficient (Wildman–Crippen LogP) is 1.02. The molecule has 3 fully saturated rings. The van der Waals surface area contributed by atoms with Crippen LogP contribution in [0.5, 0.6) is 5.75 Å². The Morgan fingerprint density at radius 2 is 1.74 bits per heavy atom. The largest absolute Gasteiger partial charge is 0.497 e. The molecule has 2 bridgehead atoms. The van der Waals surface area contributed by atoms with Crippen LogP contribution in [0.15, 0.2) is 24.3 Å². The van der Waals surface area contributed by atoms with Crippen LogP contribution in [-0.4, -0.2) is 68.1 Å². The highest BCUT2D eigenvalue weighted by Gasteiger charge is 2.39. The van der Waals surface area contributed by atoms with Crippen molar-refractivity contribution in [2.75, 3.05) is 52.9 Å². The first-order valence-corrected chi connectivity index (χ1v) is 6.96. The number of carbonyl (C=O) groups excluding carboxylic acids is 1. The van der Waals surface area contributed by atoms with Gasteiger partial charge in [-0.15, -0.1) is 0 Å². The minimum Gasteiger partial charge on any atom is -0.497 e. The topological polar surface area (TPSA) is 29.5 Å². The summed E-state index contributed by atoms with van der Waals surface area (Å²) in [4.78, 5) is 14.9. The minimum absolute atomic E-state index is 0.262. The highest BCUT2D eigenvalue weighted by molar-refractivity contribution is 5.97. The second-order valence-corrected chi connectivity index (χ2v) is 5.66. The number of quaternary nitrogens is 1. The van der Waals surface area contributed by atoms with Gasteiger partial charge in [0.15, 0.2) is 0 Å². The average molecular weight is 261 g/mol. The molecule has 1 aromatic carbocycles. The molecule has 0 spiro atoms. The number of hydrogen-bond acceptors (Lipinski definition) is 3. The number of piperazine rings is 3. The maximum Gasteiger partial charge on any atom is 0.216 e. The van der Waals surface area contributed by atoms with Crippen molar-refractivity contribution in [3.05, 3.63) is 29.8 Å². The molecule has 0 radical (unpaired) electrons. The molecule has 0 aromatic heterocycles. The quantitative estimate of drug-likeness (QED) is 0.599. The fourth-order valence-corrected chi connectivity index (χ4v) is 3.14. The van der Waals surface area contributed by atoms with E-state index < -0.39 is 0 Å². The molecule has 0 amide bonds. The molecule has 4 rings (SSSR count). The van der Waals surface area contributed by atoms with Crippen molar-refractivity contribution in [2.45, 2.75) is 0 Å². The molecule has 0 saturated carbocycles. The zero-order chi connectivity index (χ0) is 13.3. The van der Waals surface area contributed by atoms with Crippen molar-refractivity contribution >= 4 is 5.78 Å². The number of ether oxygens (including phenoxy) is 1. The average Bonchev–Trinajstić information content (AvgIpc) is 2.49. The summed E-state index contributed by atoms with van der Waals surface area (Å²) < 4.78 is 6.11. The summed E-state index contributed by atoms with van der Waals surface area (Å²) in [5, 5.41) is 0. The van der Waals surface area contributed by atoms with Gasteiger partial charge in [-0.1, -0.05) is 0 Å². The van der Waals surface area contributed by atoms with Gasteiger partial charge in [0.2, 0.25) is 5.78 Å². The molecule has 102 valence electrons. The van der Waals surface area contributed by atoms with E-state index in [1.54, 1.807) is 7.11 Å². The number of Topliss-reactive ketones (excluding diaryl/α,β-unsaturated/α-hetero) is 1. The number of methoxy groups -OCH3 is 1. The number of benzene rings is 1. The second kappa shape index (κ2) is 4.94. The van der Waals surface area contributed by atoms with E-state index in [1.165, 1.54) is 0 Å². The monoisotopic (exact) mass is 261 g/mol. The number of ketones is 1. The molecule has 3 heterocycles. The molecule has 0 atom stereocenters. The third-order valence-corrected chi connectivity index (χ3v) is 4.56. The standard InChI is InChI=1S/C15H21N2O2/c1-19-14-4-2-13(3-5-14)15(18)12-17-9-6-16(7-10-17)8-11-17/h2-5H,6-12H2,1H3/q+1. The van der Waals surface area contributed by atoms with E-state index in [4.69, 9.17) is 4.74 Å². The Hall–Kier alpha value is -1.39. The molecular formula is C15H21N2O2+. The smallest absolute Gasteiger partial charge is 0.216 e. The van der Waals surface area contributed by atoms with Crippen molar-refractivity contribution in [1.29, 1.82) is 0 Å². The summed E-state index contributed by atoms with van der Waals surface area (Å²) in [5.41, 5.74) is 0.807. The third kappa shape index (κ3) is 2.51. The zero-order valence-corrected chi connectivity index (χ0v) is 11.5. The van der Waals surface area contributed by atoms with Crippen LogP contribution in [-0.2, 0) is 0 Å². The van der Waals surface area contributed by atoms with Crippen LogP contribution in [0.2, 0.25) is 0 Å². The van der Waals surface area contributed by atoms with E-state index >= 15 is 0 Å². The summed E-state index contributed by atoms with van der Waals surface area (Å²) in [7, 11) is 1.64. The third-order valence-electron chi connectivity index (χ3n) is 4.56. The lowest BCUT2D eigenvalue weighted by atomic mass is 10.1. The van der Waals surface area contributed by atoms with Gasteiger partial charge in [0.1, 0.15) is 12.3 Å². The van der Waals surface area contributed by atoms with Gasteiger partial charge in [0, 0.05) is 25.2 Å². The summed E-state index contributed by atoms with van der Waals surface area (Å²) >= 11 is 0. The molecule has 0 aliphatic carbocycles. The lowest BCUT2D eigenvalue weighted by molar-refractivity contribution is -0.933. The van der Waals surface area contributed by atoms with E-state index in [9.17, 15) is 4.79 Å². The van der Waals surface area contributed by atoms with Crippen LogP contribution in [0, 0.1) is 0 Å². The molecule has 4 nitrogen and oxygen atoms in total. The fourth-order valence-electron chi connectivity index (χ4n) is 3.14. The van der Waals surface area contributed by atoms with E-state index in [2.05, 4.69) is 4.90 Å². The van der Waals surface area contributed by atoms with E-state index in [1.807, 2.05) is 24.3 Å². The Balaban J connectivity index is 1.70. The summed E-state index contributed by atoms with van der Waals surface area (Å²) in [6.07, 6.45) is 0.